The number of nitrogens with one attached hydrogen (secondary N) is 1. The van der Waals surface area contributed by atoms with Crippen LogP contribution < -0.4 is 20.5 Å². The number of nitrogens with zero attached hydrogens (tertiary/aromatic N) is 1. The summed E-state index contributed by atoms with van der Waals surface area (Å²) in [5.41, 5.74) is 6.08. The van der Waals surface area contributed by atoms with Gasteiger partial charge in [-0.3, -0.25) is 4.79 Å². The highest BCUT2D eigenvalue weighted by Crippen LogP contribution is 2.36. The van der Waals surface area contributed by atoms with E-state index >= 15 is 0 Å². The molecule has 2 aromatic rings. The second-order valence-corrected chi connectivity index (χ2v) is 6.67. The lowest BCUT2D eigenvalue weighted by Gasteiger charge is -2.23. The third-order valence-corrected chi connectivity index (χ3v) is 4.36. The molecular weight excluding hydrogens is 338 g/mol. The van der Waals surface area contributed by atoms with Gasteiger partial charge in [0.2, 0.25) is 6.79 Å². The van der Waals surface area contributed by atoms with Gasteiger partial charge in [-0.25, -0.2) is 4.98 Å². The van der Waals surface area contributed by atoms with Gasteiger partial charge in [0.05, 0.1) is 6.20 Å². The molecule has 0 atom stereocenters. The predicted molar refractivity (Wildman–Crippen MR) is 91.5 cm³/mol. The molecule has 6 nitrogen and oxygen atoms in total. The quantitative estimate of drug-likeness (QED) is 0.879. The monoisotopic (exact) mass is 355 g/mol. The summed E-state index contributed by atoms with van der Waals surface area (Å²) in [6, 6.07) is 5.61. The Bertz CT molecular complexity index is 718. The van der Waals surface area contributed by atoms with E-state index in [1.807, 2.05) is 32.0 Å². The fraction of sp³-hybridized carbons (Fsp3) is 0.333. The fourth-order valence-electron chi connectivity index (χ4n) is 1.96. The van der Waals surface area contributed by atoms with Gasteiger partial charge in [0.1, 0.15) is 9.88 Å². The molecule has 0 saturated heterocycles. The third-order valence-electron chi connectivity index (χ3n) is 3.31. The molecule has 3 N–H and O–H groups in total. The summed E-state index contributed by atoms with van der Waals surface area (Å²) >= 11 is 1.33. The highest BCUT2D eigenvalue weighted by molar-refractivity contribution is 7.16. The highest BCUT2D eigenvalue weighted by atomic mass is 35.5. The largest absolute Gasteiger partial charge is 0.454 e. The van der Waals surface area contributed by atoms with E-state index in [1.165, 1.54) is 11.3 Å². The van der Waals surface area contributed by atoms with Crippen molar-refractivity contribution >= 4 is 29.7 Å². The lowest BCUT2D eigenvalue weighted by atomic mass is 10.1. The van der Waals surface area contributed by atoms with Gasteiger partial charge in [-0.05, 0) is 32.0 Å². The van der Waals surface area contributed by atoms with Crippen LogP contribution in [0.25, 0.3) is 10.6 Å². The lowest BCUT2D eigenvalue weighted by molar-refractivity contribution is 0.0919. The number of amides is 1. The summed E-state index contributed by atoms with van der Waals surface area (Å²) in [5, 5.41) is 3.65. The van der Waals surface area contributed by atoms with Crippen LogP contribution in [-0.4, -0.2) is 29.8 Å². The minimum absolute atomic E-state index is 0. The third kappa shape index (κ3) is 3.74. The molecule has 1 aromatic heterocycles. The van der Waals surface area contributed by atoms with Gasteiger partial charge in [-0.1, -0.05) is 0 Å². The normalized spacial score (nSPS) is 12.7. The van der Waals surface area contributed by atoms with Gasteiger partial charge in [-0.2, -0.15) is 0 Å². The zero-order valence-corrected chi connectivity index (χ0v) is 14.4. The fourth-order valence-corrected chi connectivity index (χ4v) is 2.77. The Balaban J connectivity index is 0.00000192. The minimum atomic E-state index is -0.444. The van der Waals surface area contributed by atoms with E-state index in [1.54, 1.807) is 6.20 Å². The molecule has 124 valence electrons. The molecular formula is C15H18ClN3O3S. The number of carbonyl (C=O) groups excluding carboxylic acids is 1. The van der Waals surface area contributed by atoms with Crippen molar-refractivity contribution in [1.29, 1.82) is 0 Å². The van der Waals surface area contributed by atoms with Crippen molar-refractivity contribution in [3.63, 3.8) is 0 Å². The van der Waals surface area contributed by atoms with E-state index in [9.17, 15) is 4.79 Å². The number of carbonyl (C=O) groups is 1. The zero-order valence-electron chi connectivity index (χ0n) is 12.8. The Morgan fingerprint density at radius 3 is 2.87 bits per heavy atom. The first-order valence-corrected chi connectivity index (χ1v) is 7.68. The second-order valence-electron chi connectivity index (χ2n) is 5.64. The van der Waals surface area contributed by atoms with Gasteiger partial charge < -0.3 is 20.5 Å². The van der Waals surface area contributed by atoms with Crippen molar-refractivity contribution in [2.45, 2.75) is 19.4 Å². The molecule has 0 radical (unpaired) electrons. The molecule has 0 fully saturated rings. The summed E-state index contributed by atoms with van der Waals surface area (Å²) in [7, 11) is 0. The van der Waals surface area contributed by atoms with Crippen LogP contribution in [0.5, 0.6) is 11.5 Å². The molecule has 1 amide bonds. The number of aromatic nitrogens is 1. The van der Waals surface area contributed by atoms with E-state index in [0.717, 1.165) is 16.3 Å². The summed E-state index contributed by atoms with van der Waals surface area (Å²) in [4.78, 5) is 17.1. The van der Waals surface area contributed by atoms with Crippen molar-refractivity contribution in [1.82, 2.24) is 10.3 Å². The summed E-state index contributed by atoms with van der Waals surface area (Å²) in [6.07, 6.45) is 1.58. The Morgan fingerprint density at radius 1 is 1.39 bits per heavy atom. The molecule has 0 unspecified atom stereocenters. The molecule has 8 heteroatoms. The van der Waals surface area contributed by atoms with Crippen LogP contribution in [-0.2, 0) is 0 Å². The SMILES string of the molecule is CC(C)(CN)NC(=O)c1cnc(-c2ccc3c(c2)OCO3)s1.Cl. The maximum absolute atomic E-state index is 12.2. The molecule has 1 aliphatic heterocycles. The van der Waals surface area contributed by atoms with E-state index in [-0.39, 0.29) is 25.1 Å². The van der Waals surface area contributed by atoms with Crippen molar-refractivity contribution in [3.05, 3.63) is 29.3 Å². The second kappa shape index (κ2) is 6.74. The van der Waals surface area contributed by atoms with Crippen LogP contribution in [0.15, 0.2) is 24.4 Å². The van der Waals surface area contributed by atoms with Crippen LogP contribution in [0.4, 0.5) is 0 Å². The van der Waals surface area contributed by atoms with E-state index in [2.05, 4.69) is 10.3 Å². The summed E-state index contributed by atoms with van der Waals surface area (Å²) in [6.45, 7) is 4.36. The average molecular weight is 356 g/mol. The molecule has 1 aliphatic rings. The smallest absolute Gasteiger partial charge is 0.263 e. The average Bonchev–Trinajstić information content (AvgIpc) is 3.15. The standard InChI is InChI=1S/C15H17N3O3S.ClH/c1-15(2,7-16)18-13(19)12-6-17-14(22-12)9-3-4-10-11(5-9)21-8-20-10;/h3-6H,7-8,16H2,1-2H3,(H,18,19);1H. The highest BCUT2D eigenvalue weighted by Gasteiger charge is 2.21. The molecule has 3 rings (SSSR count). The molecule has 0 spiro atoms. The van der Waals surface area contributed by atoms with Gasteiger partial charge in [0, 0.05) is 17.6 Å². The topological polar surface area (TPSA) is 86.5 Å². The van der Waals surface area contributed by atoms with Crippen LogP contribution in [0, 0.1) is 0 Å². The van der Waals surface area contributed by atoms with Gasteiger partial charge in [0.25, 0.3) is 5.91 Å². The summed E-state index contributed by atoms with van der Waals surface area (Å²) in [5.74, 6) is 1.26. The minimum Gasteiger partial charge on any atom is -0.454 e. The number of hydrogen-bond acceptors (Lipinski definition) is 6. The number of nitrogens with two attached hydrogens (primary N) is 1. The van der Waals surface area contributed by atoms with Gasteiger partial charge in [-0.15, -0.1) is 23.7 Å². The number of fused-ring (bicyclic) bond motifs is 1. The molecule has 0 saturated carbocycles. The van der Waals surface area contributed by atoms with E-state index in [0.29, 0.717) is 17.2 Å². The maximum atomic E-state index is 12.2. The number of ether oxygens (including phenoxy) is 2. The molecule has 23 heavy (non-hydrogen) atoms. The number of halogens is 1. The van der Waals surface area contributed by atoms with Crippen molar-refractivity contribution in [2.24, 2.45) is 5.73 Å². The van der Waals surface area contributed by atoms with E-state index < -0.39 is 5.54 Å². The predicted octanol–water partition coefficient (Wildman–Crippen LogP) is 2.43. The van der Waals surface area contributed by atoms with Crippen molar-refractivity contribution in [3.8, 4) is 22.1 Å². The Labute approximate surface area is 144 Å². The van der Waals surface area contributed by atoms with E-state index in [4.69, 9.17) is 15.2 Å². The first-order valence-electron chi connectivity index (χ1n) is 6.87. The zero-order chi connectivity index (χ0) is 15.7. The lowest BCUT2D eigenvalue weighted by Crippen LogP contribution is -2.48. The Kier molecular flexibility index (Phi) is 5.13. The molecule has 2 heterocycles. The Hall–Kier alpha value is -1.83. The van der Waals surface area contributed by atoms with Crippen molar-refractivity contribution < 1.29 is 14.3 Å². The Morgan fingerprint density at radius 2 is 2.13 bits per heavy atom. The number of benzene rings is 1. The van der Waals surface area contributed by atoms with Crippen molar-refractivity contribution in [2.75, 3.05) is 13.3 Å². The molecule has 1 aromatic carbocycles. The van der Waals surface area contributed by atoms with Crippen LogP contribution >= 0.6 is 23.7 Å². The molecule has 0 bridgehead atoms. The number of hydrogen-bond donors (Lipinski definition) is 2. The number of thiazole rings is 1. The van der Waals surface area contributed by atoms with Gasteiger partial charge >= 0.3 is 0 Å². The van der Waals surface area contributed by atoms with Gasteiger partial charge in [0.15, 0.2) is 11.5 Å². The maximum Gasteiger partial charge on any atom is 0.263 e. The first-order chi connectivity index (χ1) is 10.5. The van der Waals surface area contributed by atoms with Crippen LogP contribution in [0.1, 0.15) is 23.5 Å². The molecule has 0 aliphatic carbocycles. The number of rotatable bonds is 4. The summed E-state index contributed by atoms with van der Waals surface area (Å²) < 4.78 is 10.6. The van der Waals surface area contributed by atoms with Crippen LogP contribution in [0.3, 0.4) is 0 Å². The van der Waals surface area contributed by atoms with Crippen LogP contribution in [0.2, 0.25) is 0 Å². The first kappa shape index (κ1) is 17.5.